The molecule has 3 nitrogen and oxygen atoms in total. The van der Waals surface area contributed by atoms with Gasteiger partial charge in [0.1, 0.15) is 24.0 Å². The van der Waals surface area contributed by atoms with Crippen LogP contribution in [0.2, 0.25) is 0 Å². The second-order valence-corrected chi connectivity index (χ2v) is 5.07. The molecule has 0 bridgehead atoms. The van der Waals surface area contributed by atoms with E-state index in [9.17, 15) is 0 Å². The fourth-order valence-electron chi connectivity index (χ4n) is 1.18. The van der Waals surface area contributed by atoms with Gasteiger partial charge in [-0.1, -0.05) is 6.07 Å². The van der Waals surface area contributed by atoms with E-state index in [-0.39, 0.29) is 0 Å². The summed E-state index contributed by atoms with van der Waals surface area (Å²) in [5.74, 6) is 0.605. The molecule has 0 aliphatic heterocycles. The Balaban J connectivity index is 2.93. The van der Waals surface area contributed by atoms with Gasteiger partial charge in [-0.05, 0) is 32.2 Å². The smallest absolute Gasteiger partial charge is 0.138 e. The largest absolute Gasteiger partial charge is 0.490 e. The van der Waals surface area contributed by atoms with Gasteiger partial charge in [0.05, 0.1) is 0 Å². The molecular formula is C12H16N2OS. The summed E-state index contributed by atoms with van der Waals surface area (Å²) in [6.45, 7) is 4.16. The van der Waals surface area contributed by atoms with Crippen molar-refractivity contribution in [1.29, 1.82) is 5.26 Å². The predicted molar refractivity (Wildman–Crippen MR) is 66.7 cm³/mol. The molecule has 0 amide bonds. The Kier molecular flexibility index (Phi) is 4.22. The molecule has 0 aromatic heterocycles. The highest BCUT2D eigenvalue weighted by Crippen LogP contribution is 2.28. The van der Waals surface area contributed by atoms with Gasteiger partial charge in [0.2, 0.25) is 0 Å². The van der Waals surface area contributed by atoms with Crippen LogP contribution < -0.4 is 10.5 Å². The zero-order valence-electron chi connectivity index (χ0n) is 9.78. The van der Waals surface area contributed by atoms with Crippen LogP contribution in [-0.4, -0.2) is 18.4 Å². The van der Waals surface area contributed by atoms with E-state index in [1.807, 2.05) is 32.2 Å². The highest BCUT2D eigenvalue weighted by Gasteiger charge is 2.14. The standard InChI is InChI=1S/C12H16N2OS/c1-12(2,14)8-15-10-5-4-6-11(16-3)9(10)7-13/h4-6H,8,14H2,1-3H3. The first kappa shape index (κ1) is 12.9. The summed E-state index contributed by atoms with van der Waals surface area (Å²) >= 11 is 1.53. The molecule has 1 aromatic carbocycles. The third-order valence-electron chi connectivity index (χ3n) is 1.92. The van der Waals surface area contributed by atoms with Crippen LogP contribution in [0.1, 0.15) is 19.4 Å². The fraction of sp³-hybridized carbons (Fsp3) is 0.417. The maximum absolute atomic E-state index is 9.09. The van der Waals surface area contributed by atoms with Gasteiger partial charge in [-0.25, -0.2) is 0 Å². The van der Waals surface area contributed by atoms with E-state index in [0.717, 1.165) is 4.90 Å². The Hall–Kier alpha value is -1.18. The summed E-state index contributed by atoms with van der Waals surface area (Å²) in [7, 11) is 0. The summed E-state index contributed by atoms with van der Waals surface area (Å²) in [5, 5.41) is 9.09. The number of ether oxygens (including phenoxy) is 1. The molecular weight excluding hydrogens is 220 g/mol. The monoisotopic (exact) mass is 236 g/mol. The number of nitriles is 1. The van der Waals surface area contributed by atoms with Crippen LogP contribution in [0.15, 0.2) is 23.1 Å². The molecule has 0 saturated carbocycles. The lowest BCUT2D eigenvalue weighted by molar-refractivity contribution is 0.242. The maximum Gasteiger partial charge on any atom is 0.138 e. The van der Waals surface area contributed by atoms with Crippen LogP contribution in [-0.2, 0) is 0 Å². The molecule has 0 aliphatic rings. The van der Waals surface area contributed by atoms with Crippen molar-refractivity contribution in [3.8, 4) is 11.8 Å². The Bertz CT molecular complexity index is 404. The van der Waals surface area contributed by atoms with Gasteiger partial charge < -0.3 is 10.5 Å². The third kappa shape index (κ3) is 3.44. The second kappa shape index (κ2) is 5.24. The van der Waals surface area contributed by atoms with Crippen LogP contribution in [0.3, 0.4) is 0 Å². The van der Waals surface area contributed by atoms with Crippen LogP contribution in [0, 0.1) is 11.3 Å². The lowest BCUT2D eigenvalue weighted by atomic mass is 10.1. The van der Waals surface area contributed by atoms with Crippen LogP contribution in [0.5, 0.6) is 5.75 Å². The predicted octanol–water partition coefficient (Wildman–Crippen LogP) is 2.40. The molecule has 0 atom stereocenters. The number of hydrogen-bond donors (Lipinski definition) is 1. The van der Waals surface area contributed by atoms with Crippen molar-refractivity contribution in [3.05, 3.63) is 23.8 Å². The first-order valence-corrected chi connectivity index (χ1v) is 6.19. The SMILES string of the molecule is CSc1cccc(OCC(C)(C)N)c1C#N. The van der Waals surface area contributed by atoms with E-state index in [4.69, 9.17) is 15.7 Å². The van der Waals surface area contributed by atoms with E-state index in [1.165, 1.54) is 11.8 Å². The lowest BCUT2D eigenvalue weighted by Crippen LogP contribution is -2.38. The van der Waals surface area contributed by atoms with E-state index < -0.39 is 5.54 Å². The second-order valence-electron chi connectivity index (χ2n) is 4.22. The van der Waals surface area contributed by atoms with Crippen molar-refractivity contribution >= 4 is 11.8 Å². The van der Waals surface area contributed by atoms with Crippen LogP contribution >= 0.6 is 11.8 Å². The van der Waals surface area contributed by atoms with Crippen molar-refractivity contribution in [2.24, 2.45) is 5.73 Å². The highest BCUT2D eigenvalue weighted by atomic mass is 32.2. The van der Waals surface area contributed by atoms with Gasteiger partial charge in [-0.2, -0.15) is 5.26 Å². The Morgan fingerprint density at radius 2 is 2.19 bits per heavy atom. The first-order valence-electron chi connectivity index (χ1n) is 4.97. The molecule has 4 heteroatoms. The summed E-state index contributed by atoms with van der Waals surface area (Å²) in [6, 6.07) is 7.75. The fourth-order valence-corrected chi connectivity index (χ4v) is 1.74. The van der Waals surface area contributed by atoms with Crippen molar-refractivity contribution in [3.63, 3.8) is 0 Å². The molecule has 0 fully saturated rings. The summed E-state index contributed by atoms with van der Waals surface area (Å²) in [6.07, 6.45) is 1.94. The lowest BCUT2D eigenvalue weighted by Gasteiger charge is -2.19. The van der Waals surface area contributed by atoms with Gasteiger partial charge in [-0.15, -0.1) is 11.8 Å². The molecule has 2 N–H and O–H groups in total. The zero-order chi connectivity index (χ0) is 12.2. The minimum Gasteiger partial charge on any atom is -0.490 e. The van der Waals surface area contributed by atoms with Crippen molar-refractivity contribution in [2.45, 2.75) is 24.3 Å². The molecule has 0 heterocycles. The number of benzene rings is 1. The Morgan fingerprint density at radius 1 is 1.50 bits per heavy atom. The summed E-state index contributed by atoms with van der Waals surface area (Å²) in [5.41, 5.74) is 6.01. The third-order valence-corrected chi connectivity index (χ3v) is 2.70. The van der Waals surface area contributed by atoms with Crippen molar-refractivity contribution < 1.29 is 4.74 Å². The first-order chi connectivity index (χ1) is 7.48. The quantitative estimate of drug-likeness (QED) is 0.815. The number of hydrogen-bond acceptors (Lipinski definition) is 4. The Morgan fingerprint density at radius 3 is 2.69 bits per heavy atom. The van der Waals surface area contributed by atoms with Gasteiger partial charge >= 0.3 is 0 Å². The zero-order valence-corrected chi connectivity index (χ0v) is 10.6. The molecule has 1 rings (SSSR count). The van der Waals surface area contributed by atoms with Crippen LogP contribution in [0.25, 0.3) is 0 Å². The maximum atomic E-state index is 9.09. The normalized spacial score (nSPS) is 10.9. The molecule has 16 heavy (non-hydrogen) atoms. The molecule has 1 aromatic rings. The highest BCUT2D eigenvalue weighted by molar-refractivity contribution is 7.98. The van der Waals surface area contributed by atoms with E-state index in [0.29, 0.717) is 17.9 Å². The minimum absolute atomic E-state index is 0.388. The topological polar surface area (TPSA) is 59.0 Å². The van der Waals surface area contributed by atoms with Gasteiger partial charge in [0.25, 0.3) is 0 Å². The average Bonchev–Trinajstić information content (AvgIpc) is 2.24. The molecule has 0 unspecified atom stereocenters. The number of nitrogens with zero attached hydrogens (tertiary/aromatic N) is 1. The van der Waals surface area contributed by atoms with Gasteiger partial charge in [-0.3, -0.25) is 0 Å². The van der Waals surface area contributed by atoms with Crippen molar-refractivity contribution in [1.82, 2.24) is 0 Å². The number of rotatable bonds is 4. The summed E-state index contributed by atoms with van der Waals surface area (Å²) in [4.78, 5) is 0.926. The van der Waals surface area contributed by atoms with Gasteiger partial charge in [0, 0.05) is 10.4 Å². The van der Waals surface area contributed by atoms with Crippen LogP contribution in [0.4, 0.5) is 0 Å². The molecule has 0 saturated heterocycles. The molecule has 0 aliphatic carbocycles. The molecule has 0 spiro atoms. The number of thioether (sulfide) groups is 1. The van der Waals surface area contributed by atoms with E-state index >= 15 is 0 Å². The van der Waals surface area contributed by atoms with Crippen molar-refractivity contribution in [2.75, 3.05) is 12.9 Å². The number of nitrogens with two attached hydrogens (primary N) is 1. The minimum atomic E-state index is -0.401. The van der Waals surface area contributed by atoms with Gasteiger partial charge in [0.15, 0.2) is 0 Å². The van der Waals surface area contributed by atoms with E-state index in [1.54, 1.807) is 6.07 Å². The molecule has 0 radical (unpaired) electrons. The average molecular weight is 236 g/mol. The van der Waals surface area contributed by atoms with E-state index in [2.05, 4.69) is 6.07 Å². The summed E-state index contributed by atoms with van der Waals surface area (Å²) < 4.78 is 5.57. The Labute approximate surface area is 101 Å². The molecule has 86 valence electrons.